The summed E-state index contributed by atoms with van der Waals surface area (Å²) in [5, 5.41) is 5.56. The van der Waals surface area contributed by atoms with Gasteiger partial charge in [0.25, 0.3) is 5.91 Å². The SMILES string of the molecule is CC(C)(CC(=O)c1ccc(F)cc1)C(=O)Nc1nc(-c2ccc(F)cc2)c(C(=O)NCc2ccc(F)cc2)s1. The first kappa shape index (κ1) is 27.7. The molecular formula is C29H24F3N3O3S. The largest absolute Gasteiger partial charge is 0.347 e. The first-order valence-electron chi connectivity index (χ1n) is 11.9. The van der Waals surface area contributed by atoms with Crippen LogP contribution in [0, 0.1) is 22.9 Å². The van der Waals surface area contributed by atoms with E-state index < -0.39 is 34.7 Å². The third-order valence-electron chi connectivity index (χ3n) is 5.92. The maximum Gasteiger partial charge on any atom is 0.264 e. The van der Waals surface area contributed by atoms with Crippen LogP contribution in [0.4, 0.5) is 18.3 Å². The van der Waals surface area contributed by atoms with Gasteiger partial charge in [0, 0.05) is 24.1 Å². The summed E-state index contributed by atoms with van der Waals surface area (Å²) in [5.74, 6) is -2.65. The van der Waals surface area contributed by atoms with Crippen LogP contribution in [0.15, 0.2) is 72.8 Å². The molecule has 6 nitrogen and oxygen atoms in total. The number of hydrogen-bond donors (Lipinski definition) is 2. The predicted molar refractivity (Wildman–Crippen MR) is 143 cm³/mol. The lowest BCUT2D eigenvalue weighted by atomic mass is 9.84. The molecule has 0 aliphatic carbocycles. The van der Waals surface area contributed by atoms with Crippen molar-refractivity contribution in [1.29, 1.82) is 0 Å². The van der Waals surface area contributed by atoms with E-state index in [-0.39, 0.29) is 40.0 Å². The zero-order chi connectivity index (χ0) is 28.2. The first-order valence-corrected chi connectivity index (χ1v) is 12.7. The molecule has 2 N–H and O–H groups in total. The summed E-state index contributed by atoms with van der Waals surface area (Å²) in [7, 11) is 0. The zero-order valence-corrected chi connectivity index (χ0v) is 21.9. The maximum absolute atomic E-state index is 13.5. The van der Waals surface area contributed by atoms with E-state index in [1.807, 2.05) is 0 Å². The van der Waals surface area contributed by atoms with Crippen molar-refractivity contribution in [2.24, 2.45) is 5.41 Å². The molecule has 0 spiro atoms. The average molecular weight is 552 g/mol. The van der Waals surface area contributed by atoms with Crippen molar-refractivity contribution in [3.8, 4) is 11.3 Å². The molecular weight excluding hydrogens is 527 g/mol. The normalized spacial score (nSPS) is 11.2. The van der Waals surface area contributed by atoms with Crippen LogP contribution in [0.1, 0.15) is 45.9 Å². The Morgan fingerprint density at radius 1 is 0.821 bits per heavy atom. The number of Topliss-reactive ketones (excluding diaryl/α,β-unsaturated/α-hetero) is 1. The van der Waals surface area contributed by atoms with Crippen LogP contribution < -0.4 is 10.6 Å². The van der Waals surface area contributed by atoms with Crippen LogP contribution in [-0.4, -0.2) is 22.6 Å². The molecule has 4 aromatic rings. The van der Waals surface area contributed by atoms with Gasteiger partial charge in [-0.25, -0.2) is 18.2 Å². The molecule has 0 aliphatic heterocycles. The minimum Gasteiger partial charge on any atom is -0.347 e. The molecule has 0 aliphatic rings. The number of anilines is 1. The summed E-state index contributed by atoms with van der Waals surface area (Å²) in [6.45, 7) is 3.31. The molecule has 10 heteroatoms. The van der Waals surface area contributed by atoms with E-state index >= 15 is 0 Å². The smallest absolute Gasteiger partial charge is 0.264 e. The Morgan fingerprint density at radius 3 is 1.95 bits per heavy atom. The minimum absolute atomic E-state index is 0.119. The Kier molecular flexibility index (Phi) is 8.25. The second kappa shape index (κ2) is 11.6. The van der Waals surface area contributed by atoms with Crippen molar-refractivity contribution in [3.63, 3.8) is 0 Å². The molecule has 0 unspecified atom stereocenters. The van der Waals surface area contributed by atoms with Crippen LogP contribution in [0.5, 0.6) is 0 Å². The number of ketones is 1. The van der Waals surface area contributed by atoms with Gasteiger partial charge in [-0.15, -0.1) is 0 Å². The highest BCUT2D eigenvalue weighted by atomic mass is 32.1. The number of carbonyl (C=O) groups is 3. The highest BCUT2D eigenvalue weighted by Gasteiger charge is 2.32. The van der Waals surface area contributed by atoms with Crippen molar-refractivity contribution < 1.29 is 27.6 Å². The minimum atomic E-state index is -1.15. The van der Waals surface area contributed by atoms with E-state index in [9.17, 15) is 27.6 Å². The molecule has 4 rings (SSSR count). The number of hydrogen-bond acceptors (Lipinski definition) is 5. The highest BCUT2D eigenvalue weighted by Crippen LogP contribution is 2.33. The van der Waals surface area contributed by atoms with Crippen LogP contribution in [0.25, 0.3) is 11.3 Å². The van der Waals surface area contributed by atoms with Gasteiger partial charge in [0.05, 0.1) is 11.1 Å². The Labute approximate surface area is 226 Å². The average Bonchev–Trinajstić information content (AvgIpc) is 3.32. The number of nitrogens with one attached hydrogen (secondary N) is 2. The van der Waals surface area contributed by atoms with Gasteiger partial charge in [-0.2, -0.15) is 0 Å². The molecule has 0 atom stereocenters. The maximum atomic E-state index is 13.5. The molecule has 3 aromatic carbocycles. The highest BCUT2D eigenvalue weighted by molar-refractivity contribution is 7.18. The Balaban J connectivity index is 1.54. The summed E-state index contributed by atoms with van der Waals surface area (Å²) >= 11 is 0.930. The molecule has 1 aromatic heterocycles. The van der Waals surface area contributed by atoms with Crippen molar-refractivity contribution in [2.75, 3.05) is 5.32 Å². The van der Waals surface area contributed by atoms with Gasteiger partial charge < -0.3 is 10.6 Å². The number of aromatic nitrogens is 1. The second-order valence-corrected chi connectivity index (χ2v) is 10.5. The van der Waals surface area contributed by atoms with Gasteiger partial charge in [-0.05, 0) is 66.2 Å². The topological polar surface area (TPSA) is 88.2 Å². The van der Waals surface area contributed by atoms with Gasteiger partial charge in [-0.3, -0.25) is 14.4 Å². The third kappa shape index (κ3) is 6.97. The molecule has 0 radical (unpaired) electrons. The van der Waals surface area contributed by atoms with Crippen LogP contribution in [-0.2, 0) is 11.3 Å². The number of carbonyl (C=O) groups excluding carboxylic acids is 3. The molecule has 2 amide bonds. The second-order valence-electron chi connectivity index (χ2n) is 9.46. The molecule has 0 bridgehead atoms. The Bertz CT molecular complexity index is 1500. The van der Waals surface area contributed by atoms with Gasteiger partial charge >= 0.3 is 0 Å². The zero-order valence-electron chi connectivity index (χ0n) is 21.1. The molecule has 39 heavy (non-hydrogen) atoms. The fourth-order valence-electron chi connectivity index (χ4n) is 3.68. The summed E-state index contributed by atoms with van der Waals surface area (Å²) in [6.07, 6.45) is -0.147. The van der Waals surface area contributed by atoms with E-state index in [4.69, 9.17) is 0 Å². The fourth-order valence-corrected chi connectivity index (χ4v) is 4.58. The number of thiazole rings is 1. The summed E-state index contributed by atoms with van der Waals surface area (Å²) in [4.78, 5) is 43.5. The lowest BCUT2D eigenvalue weighted by molar-refractivity contribution is -0.123. The van der Waals surface area contributed by atoms with Crippen molar-refractivity contribution >= 4 is 34.1 Å². The van der Waals surface area contributed by atoms with Gasteiger partial charge in [0.15, 0.2) is 10.9 Å². The predicted octanol–water partition coefficient (Wildman–Crippen LogP) is 6.40. The molecule has 0 fully saturated rings. The number of halogens is 3. The van der Waals surface area contributed by atoms with E-state index in [2.05, 4.69) is 15.6 Å². The fraction of sp³-hybridized carbons (Fsp3) is 0.172. The Hall–Kier alpha value is -4.31. The molecule has 200 valence electrons. The standard InChI is InChI=1S/C29H24F3N3O3S/c1-29(2,15-23(36)18-5-11-21(31)12-6-18)27(38)35-28-34-24(19-7-13-22(32)14-8-19)25(39-28)26(37)33-16-17-3-9-20(30)10-4-17/h3-14H,15-16H2,1-2H3,(H,33,37)(H,34,35,38). The lowest BCUT2D eigenvalue weighted by Crippen LogP contribution is -2.33. The van der Waals surface area contributed by atoms with Crippen LogP contribution in [0.2, 0.25) is 0 Å². The van der Waals surface area contributed by atoms with Crippen molar-refractivity contribution in [1.82, 2.24) is 10.3 Å². The molecule has 1 heterocycles. The van der Waals surface area contributed by atoms with E-state index in [1.54, 1.807) is 26.0 Å². The number of benzene rings is 3. The van der Waals surface area contributed by atoms with E-state index in [0.717, 1.165) is 11.3 Å². The third-order valence-corrected chi connectivity index (χ3v) is 6.89. The van der Waals surface area contributed by atoms with Gasteiger partial charge in [0.1, 0.15) is 22.3 Å². The quantitative estimate of drug-likeness (QED) is 0.236. The van der Waals surface area contributed by atoms with E-state index in [1.165, 1.54) is 60.7 Å². The van der Waals surface area contributed by atoms with Crippen molar-refractivity contribution in [3.05, 3.63) is 106 Å². The van der Waals surface area contributed by atoms with Gasteiger partial charge in [-0.1, -0.05) is 37.3 Å². The summed E-state index contributed by atoms with van der Waals surface area (Å²) in [5.41, 5.74) is 0.514. The lowest BCUT2D eigenvalue weighted by Gasteiger charge is -2.22. The monoisotopic (exact) mass is 551 g/mol. The number of nitrogens with zero attached hydrogens (tertiary/aromatic N) is 1. The van der Waals surface area contributed by atoms with Crippen molar-refractivity contribution in [2.45, 2.75) is 26.8 Å². The van der Waals surface area contributed by atoms with Crippen LogP contribution >= 0.6 is 11.3 Å². The summed E-state index contributed by atoms with van der Waals surface area (Å²) in [6, 6.07) is 16.1. The van der Waals surface area contributed by atoms with E-state index in [0.29, 0.717) is 11.1 Å². The first-order chi connectivity index (χ1) is 18.5. The van der Waals surface area contributed by atoms with Gasteiger partial charge in [0.2, 0.25) is 5.91 Å². The summed E-state index contributed by atoms with van der Waals surface area (Å²) < 4.78 is 39.9. The number of amides is 2. The molecule has 0 saturated heterocycles. The molecule has 0 saturated carbocycles. The van der Waals surface area contributed by atoms with Crippen LogP contribution in [0.3, 0.4) is 0 Å². The Morgan fingerprint density at radius 2 is 1.36 bits per heavy atom. The number of rotatable bonds is 9.